The van der Waals surface area contributed by atoms with Crippen LogP contribution in [-0.4, -0.2) is 16.2 Å². The molecular weight excluding hydrogens is 576 g/mol. The Labute approximate surface area is 284 Å². The molecule has 0 amide bonds. The summed E-state index contributed by atoms with van der Waals surface area (Å²) in [6.07, 6.45) is 1.87. The van der Waals surface area contributed by atoms with E-state index in [0.29, 0.717) is 23.9 Å². The molecule has 0 saturated heterocycles. The number of hydrogen-bond donors (Lipinski definition) is 0. The highest BCUT2D eigenvalue weighted by Crippen LogP contribution is 2.45. The van der Waals surface area contributed by atoms with E-state index in [1.807, 2.05) is 71.8 Å². The van der Waals surface area contributed by atoms with E-state index in [-0.39, 0.29) is 16.5 Å². The molecule has 3 heterocycles. The zero-order chi connectivity index (χ0) is 37.3. The molecule has 7 aromatic rings. The van der Waals surface area contributed by atoms with Crippen molar-refractivity contribution in [2.75, 3.05) is 16.5 Å². The molecule has 5 heteroatoms. The fourth-order valence-electron chi connectivity index (χ4n) is 6.54. The van der Waals surface area contributed by atoms with Crippen molar-refractivity contribution in [1.29, 1.82) is 0 Å². The zero-order valence-electron chi connectivity index (χ0n) is 32.5. The number of aromatic nitrogens is 2. The SMILES string of the molecule is [2H]C([2H])([2H])c1cc(N2CN(c3cccc(Oc4ccc5c6ccccc6n(-c6cc(C(C)(C)C)ccn6)c5c4)c3)c3ccccc32)cc(C([2H])([2H])[2H])c1. The van der Waals surface area contributed by atoms with Crippen LogP contribution in [0.3, 0.4) is 0 Å². The van der Waals surface area contributed by atoms with Gasteiger partial charge < -0.3 is 14.5 Å². The Bertz CT molecular complexity index is 2480. The average Bonchev–Trinajstić information content (AvgIpc) is 3.67. The van der Waals surface area contributed by atoms with Gasteiger partial charge in [-0.3, -0.25) is 4.57 Å². The van der Waals surface area contributed by atoms with E-state index in [4.69, 9.17) is 17.9 Å². The third-order valence-corrected chi connectivity index (χ3v) is 8.83. The first-order chi connectivity index (χ1) is 25.1. The van der Waals surface area contributed by atoms with Gasteiger partial charge in [0.1, 0.15) is 24.0 Å². The van der Waals surface area contributed by atoms with E-state index in [9.17, 15) is 0 Å². The molecule has 0 aliphatic carbocycles. The molecule has 0 fully saturated rings. The first kappa shape index (κ1) is 22.9. The van der Waals surface area contributed by atoms with Gasteiger partial charge in [0, 0.05) is 48.7 Å². The number of rotatable bonds is 5. The summed E-state index contributed by atoms with van der Waals surface area (Å²) in [5, 5.41) is 2.23. The maximum atomic E-state index is 8.04. The summed E-state index contributed by atoms with van der Waals surface area (Å²) in [6, 6.07) is 38.7. The molecule has 0 unspecified atom stereocenters. The predicted molar refractivity (Wildman–Crippen MR) is 195 cm³/mol. The summed E-state index contributed by atoms with van der Waals surface area (Å²) in [7, 11) is 0. The Morgan fingerprint density at radius 3 is 2.11 bits per heavy atom. The number of pyridine rings is 1. The van der Waals surface area contributed by atoms with Gasteiger partial charge in [0.2, 0.25) is 0 Å². The van der Waals surface area contributed by atoms with E-state index < -0.39 is 13.7 Å². The Morgan fingerprint density at radius 2 is 1.34 bits per heavy atom. The summed E-state index contributed by atoms with van der Waals surface area (Å²) in [5.41, 5.74) is 6.27. The van der Waals surface area contributed by atoms with Gasteiger partial charge in [0.25, 0.3) is 0 Å². The van der Waals surface area contributed by atoms with Crippen LogP contribution in [0.1, 0.15) is 45.7 Å². The standard InChI is InChI=1S/C42H38N4O/c1-28-21-29(2)23-32(22-28)45-27-44(38-15-8-9-16-39(38)45)31-11-10-12-33(25-31)47-34-17-18-36-35-13-6-7-14-37(35)46(40(36)26-34)41-24-30(19-20-43-41)42(3,4)5/h6-26H,27H2,1-5H3/i1D3,2D3. The summed E-state index contributed by atoms with van der Waals surface area (Å²) in [4.78, 5) is 8.85. The van der Waals surface area contributed by atoms with Crippen LogP contribution in [0.5, 0.6) is 11.5 Å². The molecule has 0 N–H and O–H groups in total. The van der Waals surface area contributed by atoms with Gasteiger partial charge in [-0.1, -0.05) is 63.2 Å². The second-order valence-corrected chi connectivity index (χ2v) is 13.0. The van der Waals surface area contributed by atoms with Crippen molar-refractivity contribution in [2.24, 2.45) is 0 Å². The van der Waals surface area contributed by atoms with Gasteiger partial charge in [-0.2, -0.15) is 0 Å². The molecule has 5 nitrogen and oxygen atoms in total. The molecular formula is C42H38N4O. The van der Waals surface area contributed by atoms with Gasteiger partial charge in [-0.15, -0.1) is 0 Å². The van der Waals surface area contributed by atoms with Crippen LogP contribution in [-0.2, 0) is 5.41 Å². The van der Waals surface area contributed by atoms with Gasteiger partial charge in [-0.05, 0) is 103 Å². The van der Waals surface area contributed by atoms with E-state index >= 15 is 0 Å². The normalized spacial score (nSPS) is 15.5. The van der Waals surface area contributed by atoms with Gasteiger partial charge in [0.05, 0.1) is 22.4 Å². The summed E-state index contributed by atoms with van der Waals surface area (Å²) >= 11 is 0. The number of aryl methyl sites for hydroxylation is 2. The Hall–Kier alpha value is -5.55. The predicted octanol–water partition coefficient (Wildman–Crippen LogP) is 11.1. The molecule has 0 radical (unpaired) electrons. The molecule has 0 saturated carbocycles. The maximum absolute atomic E-state index is 8.04. The second kappa shape index (κ2) is 11.1. The highest BCUT2D eigenvalue weighted by molar-refractivity contribution is 6.09. The van der Waals surface area contributed by atoms with Crippen LogP contribution < -0.4 is 14.5 Å². The van der Waals surface area contributed by atoms with Crippen LogP contribution in [0.2, 0.25) is 0 Å². The smallest absolute Gasteiger partial charge is 0.137 e. The third-order valence-electron chi connectivity index (χ3n) is 8.83. The molecule has 5 aromatic carbocycles. The van der Waals surface area contributed by atoms with Crippen molar-refractivity contribution in [3.63, 3.8) is 0 Å². The molecule has 232 valence electrons. The number of hydrogen-bond acceptors (Lipinski definition) is 4. The van der Waals surface area contributed by atoms with Gasteiger partial charge in [-0.25, -0.2) is 4.98 Å². The lowest BCUT2D eigenvalue weighted by Crippen LogP contribution is -2.24. The first-order valence-corrected chi connectivity index (χ1v) is 15.7. The summed E-state index contributed by atoms with van der Waals surface area (Å²) in [5.74, 6) is 2.16. The van der Waals surface area contributed by atoms with Crippen molar-refractivity contribution in [3.8, 4) is 17.3 Å². The second-order valence-electron chi connectivity index (χ2n) is 13.0. The van der Waals surface area contributed by atoms with Crippen molar-refractivity contribution < 1.29 is 13.0 Å². The summed E-state index contributed by atoms with van der Waals surface area (Å²) < 4.78 is 57.0. The average molecular weight is 621 g/mol. The number of ether oxygens (including phenoxy) is 1. The fraction of sp³-hybridized carbons (Fsp3) is 0.167. The van der Waals surface area contributed by atoms with Crippen LogP contribution in [0, 0.1) is 13.7 Å². The minimum Gasteiger partial charge on any atom is -0.457 e. The molecule has 2 aromatic heterocycles. The topological polar surface area (TPSA) is 33.5 Å². The number of para-hydroxylation sites is 3. The Morgan fingerprint density at radius 1 is 0.638 bits per heavy atom. The van der Waals surface area contributed by atoms with E-state index in [1.54, 1.807) is 12.1 Å². The van der Waals surface area contributed by atoms with E-state index in [0.717, 1.165) is 44.7 Å². The quantitative estimate of drug-likeness (QED) is 0.192. The number of nitrogens with zero attached hydrogens (tertiary/aromatic N) is 4. The lowest BCUT2D eigenvalue weighted by Gasteiger charge is -2.23. The van der Waals surface area contributed by atoms with Gasteiger partial charge in [0.15, 0.2) is 0 Å². The number of fused-ring (bicyclic) bond motifs is 4. The number of anilines is 4. The van der Waals surface area contributed by atoms with Gasteiger partial charge >= 0.3 is 0 Å². The van der Waals surface area contributed by atoms with E-state index in [2.05, 4.69) is 72.7 Å². The lowest BCUT2D eigenvalue weighted by atomic mass is 9.88. The third kappa shape index (κ3) is 5.18. The lowest BCUT2D eigenvalue weighted by molar-refractivity contribution is 0.483. The maximum Gasteiger partial charge on any atom is 0.137 e. The van der Waals surface area contributed by atoms with Crippen LogP contribution >= 0.6 is 0 Å². The van der Waals surface area contributed by atoms with Crippen LogP contribution in [0.15, 0.2) is 128 Å². The molecule has 8 rings (SSSR count). The molecule has 1 aliphatic heterocycles. The highest BCUT2D eigenvalue weighted by Gasteiger charge is 2.28. The van der Waals surface area contributed by atoms with Crippen molar-refractivity contribution >= 4 is 44.6 Å². The minimum absolute atomic E-state index is 0.0128. The van der Waals surface area contributed by atoms with Crippen LogP contribution in [0.4, 0.5) is 22.7 Å². The largest absolute Gasteiger partial charge is 0.457 e. The molecule has 0 bridgehead atoms. The van der Waals surface area contributed by atoms with Crippen LogP contribution in [0.25, 0.3) is 27.6 Å². The van der Waals surface area contributed by atoms with Crippen molar-refractivity contribution in [2.45, 2.75) is 39.9 Å². The molecule has 0 atom stereocenters. The first-order valence-electron chi connectivity index (χ1n) is 18.7. The molecule has 1 aliphatic rings. The highest BCUT2D eigenvalue weighted by atomic mass is 16.5. The molecule has 0 spiro atoms. The zero-order valence-corrected chi connectivity index (χ0v) is 26.5. The van der Waals surface area contributed by atoms with E-state index in [1.165, 1.54) is 11.6 Å². The molecule has 47 heavy (non-hydrogen) atoms. The summed E-state index contributed by atoms with van der Waals surface area (Å²) in [6.45, 7) is 2.00. The van der Waals surface area contributed by atoms with Crippen molar-refractivity contribution in [3.05, 3.63) is 144 Å². The number of benzene rings is 5. The monoisotopic (exact) mass is 620 g/mol. The minimum atomic E-state index is -2.47. The Balaban J connectivity index is 1.15. The van der Waals surface area contributed by atoms with Crippen molar-refractivity contribution in [1.82, 2.24) is 9.55 Å². The fourth-order valence-corrected chi connectivity index (χ4v) is 6.54. The Kier molecular flexibility index (Phi) is 5.38.